The maximum absolute atomic E-state index is 12.2. The summed E-state index contributed by atoms with van der Waals surface area (Å²) >= 11 is 0. The zero-order valence-corrected chi connectivity index (χ0v) is 14.2. The second-order valence-electron chi connectivity index (χ2n) is 6.07. The molecule has 1 fully saturated rings. The van der Waals surface area contributed by atoms with Gasteiger partial charge >= 0.3 is 0 Å². The molecule has 0 bridgehead atoms. The number of aryl methyl sites for hydroxylation is 2. The molecule has 0 radical (unpaired) electrons. The Balaban J connectivity index is 1.48. The minimum atomic E-state index is -0.179. The van der Waals surface area contributed by atoms with Crippen molar-refractivity contribution in [3.63, 3.8) is 0 Å². The summed E-state index contributed by atoms with van der Waals surface area (Å²) < 4.78 is 11.0. The molecule has 2 aromatic heterocycles. The summed E-state index contributed by atoms with van der Waals surface area (Å²) in [7, 11) is 0. The first-order valence-electron chi connectivity index (χ1n) is 8.31. The third-order valence-corrected chi connectivity index (χ3v) is 4.31. The Labute approximate surface area is 141 Å². The highest BCUT2D eigenvalue weighted by Crippen LogP contribution is 2.12. The van der Waals surface area contributed by atoms with E-state index in [1.807, 2.05) is 19.9 Å². The SMILES string of the molecule is Cc1n[nH]c(C)c1CCNC(=O)c1ccc(CN2CCOCC2)o1. The maximum atomic E-state index is 12.2. The van der Waals surface area contributed by atoms with E-state index in [9.17, 15) is 4.79 Å². The standard InChI is InChI=1S/C17H24N4O3/c1-12-15(13(2)20-19-12)5-6-18-17(22)16-4-3-14(24-16)11-21-7-9-23-10-8-21/h3-4H,5-11H2,1-2H3,(H,18,22)(H,19,20). The molecule has 3 rings (SSSR count). The molecule has 0 saturated carbocycles. The summed E-state index contributed by atoms with van der Waals surface area (Å²) in [4.78, 5) is 14.4. The van der Waals surface area contributed by atoms with E-state index in [1.165, 1.54) is 0 Å². The molecule has 0 spiro atoms. The smallest absolute Gasteiger partial charge is 0.287 e. The molecule has 2 aromatic rings. The topological polar surface area (TPSA) is 83.4 Å². The Hall–Kier alpha value is -2.12. The van der Waals surface area contributed by atoms with Gasteiger partial charge in [0.15, 0.2) is 5.76 Å². The largest absolute Gasteiger partial charge is 0.455 e. The van der Waals surface area contributed by atoms with Crippen molar-refractivity contribution < 1.29 is 13.9 Å². The summed E-state index contributed by atoms with van der Waals surface area (Å²) in [5.41, 5.74) is 3.18. The molecule has 7 nitrogen and oxygen atoms in total. The third kappa shape index (κ3) is 4.04. The fraction of sp³-hybridized carbons (Fsp3) is 0.529. The number of hydrogen-bond donors (Lipinski definition) is 2. The second-order valence-corrected chi connectivity index (χ2v) is 6.07. The number of nitrogens with zero attached hydrogens (tertiary/aromatic N) is 2. The zero-order valence-electron chi connectivity index (χ0n) is 14.2. The van der Waals surface area contributed by atoms with Gasteiger partial charge in [0.05, 0.1) is 25.5 Å². The number of nitrogens with one attached hydrogen (secondary N) is 2. The van der Waals surface area contributed by atoms with Crippen molar-refractivity contribution in [3.05, 3.63) is 40.6 Å². The van der Waals surface area contributed by atoms with Gasteiger partial charge in [-0.1, -0.05) is 0 Å². The van der Waals surface area contributed by atoms with E-state index in [1.54, 1.807) is 6.07 Å². The molecule has 0 atom stereocenters. The predicted octanol–water partition coefficient (Wildman–Crippen LogP) is 1.42. The Morgan fingerprint density at radius 3 is 2.83 bits per heavy atom. The number of aromatic amines is 1. The van der Waals surface area contributed by atoms with Crippen molar-refractivity contribution in [2.45, 2.75) is 26.8 Å². The lowest BCUT2D eigenvalue weighted by Gasteiger charge is -2.25. The second kappa shape index (κ2) is 7.63. The number of amides is 1. The van der Waals surface area contributed by atoms with Crippen LogP contribution in [0.5, 0.6) is 0 Å². The molecule has 2 N–H and O–H groups in total. The van der Waals surface area contributed by atoms with Crippen LogP contribution in [-0.4, -0.2) is 53.9 Å². The highest BCUT2D eigenvalue weighted by molar-refractivity contribution is 5.91. The van der Waals surface area contributed by atoms with E-state index in [-0.39, 0.29) is 5.91 Å². The van der Waals surface area contributed by atoms with Gasteiger partial charge in [-0.15, -0.1) is 0 Å². The van der Waals surface area contributed by atoms with Gasteiger partial charge in [0.2, 0.25) is 0 Å². The predicted molar refractivity (Wildman–Crippen MR) is 88.9 cm³/mol. The molecule has 3 heterocycles. The quantitative estimate of drug-likeness (QED) is 0.836. The van der Waals surface area contributed by atoms with Crippen LogP contribution in [0.15, 0.2) is 16.5 Å². The lowest BCUT2D eigenvalue weighted by Crippen LogP contribution is -2.35. The lowest BCUT2D eigenvalue weighted by molar-refractivity contribution is 0.0311. The van der Waals surface area contributed by atoms with Gasteiger partial charge < -0.3 is 14.5 Å². The van der Waals surface area contributed by atoms with E-state index >= 15 is 0 Å². The molecule has 24 heavy (non-hydrogen) atoms. The number of aromatic nitrogens is 2. The molecule has 1 saturated heterocycles. The van der Waals surface area contributed by atoms with Crippen molar-refractivity contribution >= 4 is 5.91 Å². The van der Waals surface area contributed by atoms with Gasteiger partial charge in [0, 0.05) is 25.3 Å². The highest BCUT2D eigenvalue weighted by Gasteiger charge is 2.15. The van der Waals surface area contributed by atoms with Gasteiger partial charge in [-0.05, 0) is 38.0 Å². The lowest BCUT2D eigenvalue weighted by atomic mass is 10.1. The van der Waals surface area contributed by atoms with Gasteiger partial charge in [0.25, 0.3) is 5.91 Å². The van der Waals surface area contributed by atoms with E-state index in [0.717, 1.165) is 55.4 Å². The van der Waals surface area contributed by atoms with Crippen molar-refractivity contribution in [1.82, 2.24) is 20.4 Å². The van der Waals surface area contributed by atoms with Crippen molar-refractivity contribution in [2.24, 2.45) is 0 Å². The normalized spacial score (nSPS) is 15.6. The fourth-order valence-corrected chi connectivity index (χ4v) is 2.90. The van der Waals surface area contributed by atoms with Gasteiger partial charge in [-0.2, -0.15) is 5.10 Å². The highest BCUT2D eigenvalue weighted by atomic mass is 16.5. The molecule has 7 heteroatoms. The molecular formula is C17H24N4O3. The minimum Gasteiger partial charge on any atom is -0.455 e. The number of carbonyl (C=O) groups is 1. The number of hydrogen-bond acceptors (Lipinski definition) is 5. The summed E-state index contributed by atoms with van der Waals surface area (Å²) in [6.45, 7) is 8.51. The van der Waals surface area contributed by atoms with Crippen LogP contribution in [0.25, 0.3) is 0 Å². The molecule has 1 amide bonds. The van der Waals surface area contributed by atoms with Crippen LogP contribution in [0, 0.1) is 13.8 Å². The summed E-state index contributed by atoms with van der Waals surface area (Å²) in [5.74, 6) is 0.990. The Kier molecular flexibility index (Phi) is 5.32. The molecular weight excluding hydrogens is 308 g/mol. The van der Waals surface area contributed by atoms with Crippen LogP contribution in [-0.2, 0) is 17.7 Å². The van der Waals surface area contributed by atoms with Crippen LogP contribution < -0.4 is 5.32 Å². The van der Waals surface area contributed by atoms with Crippen molar-refractivity contribution in [3.8, 4) is 0 Å². The summed E-state index contributed by atoms with van der Waals surface area (Å²) in [6, 6.07) is 3.61. The third-order valence-electron chi connectivity index (χ3n) is 4.31. The average Bonchev–Trinajstić information content (AvgIpc) is 3.17. The molecule has 1 aliphatic rings. The van der Waals surface area contributed by atoms with Crippen LogP contribution in [0.2, 0.25) is 0 Å². The maximum Gasteiger partial charge on any atom is 0.287 e. The summed E-state index contributed by atoms with van der Waals surface area (Å²) in [5, 5.41) is 10.0. The average molecular weight is 332 g/mol. The minimum absolute atomic E-state index is 0.179. The number of morpholine rings is 1. The first-order chi connectivity index (χ1) is 11.6. The first kappa shape index (κ1) is 16.7. The zero-order chi connectivity index (χ0) is 16.9. The molecule has 130 valence electrons. The van der Waals surface area contributed by atoms with E-state index < -0.39 is 0 Å². The Morgan fingerprint density at radius 2 is 2.12 bits per heavy atom. The van der Waals surface area contributed by atoms with Crippen LogP contribution in [0.4, 0.5) is 0 Å². The van der Waals surface area contributed by atoms with Crippen LogP contribution in [0.1, 0.15) is 33.3 Å². The molecule has 0 aliphatic carbocycles. The number of furan rings is 1. The Morgan fingerprint density at radius 1 is 1.33 bits per heavy atom. The Bertz CT molecular complexity index is 666. The van der Waals surface area contributed by atoms with Crippen LogP contribution >= 0.6 is 0 Å². The molecule has 0 unspecified atom stereocenters. The summed E-state index contributed by atoms with van der Waals surface area (Å²) in [6.07, 6.45) is 0.751. The fourth-order valence-electron chi connectivity index (χ4n) is 2.90. The van der Waals surface area contributed by atoms with Gasteiger partial charge in [-0.25, -0.2) is 0 Å². The monoisotopic (exact) mass is 332 g/mol. The number of H-pyrrole nitrogens is 1. The molecule has 0 aromatic carbocycles. The van der Waals surface area contributed by atoms with E-state index in [2.05, 4.69) is 20.4 Å². The number of rotatable bonds is 6. The van der Waals surface area contributed by atoms with Crippen molar-refractivity contribution in [2.75, 3.05) is 32.8 Å². The number of carbonyl (C=O) groups excluding carboxylic acids is 1. The van der Waals surface area contributed by atoms with Gasteiger partial charge in [-0.3, -0.25) is 14.8 Å². The molecule has 1 aliphatic heterocycles. The van der Waals surface area contributed by atoms with Crippen LogP contribution in [0.3, 0.4) is 0 Å². The first-order valence-corrected chi connectivity index (χ1v) is 8.31. The van der Waals surface area contributed by atoms with Crippen molar-refractivity contribution in [1.29, 1.82) is 0 Å². The van der Waals surface area contributed by atoms with E-state index in [0.29, 0.717) is 18.8 Å². The number of ether oxygens (including phenoxy) is 1. The van der Waals surface area contributed by atoms with Gasteiger partial charge in [0.1, 0.15) is 5.76 Å². The van der Waals surface area contributed by atoms with E-state index in [4.69, 9.17) is 9.15 Å².